The lowest BCUT2D eigenvalue weighted by Crippen LogP contribution is -2.45. The molecule has 1 aromatic carbocycles. The van der Waals surface area contributed by atoms with Crippen LogP contribution in [0.25, 0.3) is 0 Å². The van der Waals surface area contributed by atoms with E-state index in [4.69, 9.17) is 0 Å². The average Bonchev–Trinajstić information content (AvgIpc) is 2.90. The number of hydrogen-bond acceptors (Lipinski definition) is 5. The zero-order valence-corrected chi connectivity index (χ0v) is 13.8. The van der Waals surface area contributed by atoms with Crippen molar-refractivity contribution in [3.63, 3.8) is 0 Å². The van der Waals surface area contributed by atoms with Gasteiger partial charge in [-0.05, 0) is 26.0 Å². The Labute approximate surface area is 136 Å². The number of carbonyl (C=O) groups excluding carboxylic acids is 2. The molecule has 1 atom stereocenters. The van der Waals surface area contributed by atoms with Crippen molar-refractivity contribution in [1.82, 2.24) is 4.98 Å². The van der Waals surface area contributed by atoms with E-state index >= 15 is 0 Å². The molecule has 0 radical (unpaired) electrons. The van der Waals surface area contributed by atoms with Crippen LogP contribution >= 0.6 is 23.1 Å². The van der Waals surface area contributed by atoms with Gasteiger partial charge in [0.05, 0.1) is 16.6 Å². The van der Waals surface area contributed by atoms with Crippen molar-refractivity contribution < 1.29 is 9.59 Å². The van der Waals surface area contributed by atoms with E-state index in [1.54, 1.807) is 11.0 Å². The molecular formula is C15H15N3O2S2. The van der Waals surface area contributed by atoms with Gasteiger partial charge in [-0.15, -0.1) is 11.3 Å². The summed E-state index contributed by atoms with van der Waals surface area (Å²) < 4.78 is 0.869. The molecule has 2 aromatic rings. The summed E-state index contributed by atoms with van der Waals surface area (Å²) in [5.41, 5.74) is 2.37. The maximum Gasteiger partial charge on any atom is 0.244 e. The SMILES string of the molecule is Cc1csc(S[C@@H](C)C(=O)N2CC(=O)Nc3ccccc32)n1. The number of benzene rings is 1. The van der Waals surface area contributed by atoms with E-state index in [-0.39, 0.29) is 23.6 Å². The monoisotopic (exact) mass is 333 g/mol. The van der Waals surface area contributed by atoms with Crippen molar-refractivity contribution in [2.75, 3.05) is 16.8 Å². The van der Waals surface area contributed by atoms with Gasteiger partial charge in [0.2, 0.25) is 11.8 Å². The second-order valence-corrected chi connectivity index (χ2v) is 7.45. The van der Waals surface area contributed by atoms with Crippen LogP contribution in [0.4, 0.5) is 11.4 Å². The van der Waals surface area contributed by atoms with E-state index in [1.165, 1.54) is 23.1 Å². The van der Waals surface area contributed by atoms with Crippen LogP contribution in [0.5, 0.6) is 0 Å². The number of nitrogens with one attached hydrogen (secondary N) is 1. The van der Waals surface area contributed by atoms with Crippen LogP contribution in [-0.4, -0.2) is 28.6 Å². The van der Waals surface area contributed by atoms with E-state index in [9.17, 15) is 9.59 Å². The first-order chi connectivity index (χ1) is 10.5. The summed E-state index contributed by atoms with van der Waals surface area (Å²) in [5.74, 6) is -0.255. The summed E-state index contributed by atoms with van der Waals surface area (Å²) in [6.07, 6.45) is 0. The van der Waals surface area contributed by atoms with Crippen molar-refractivity contribution in [2.24, 2.45) is 0 Å². The van der Waals surface area contributed by atoms with E-state index in [0.29, 0.717) is 5.69 Å². The first-order valence-corrected chi connectivity index (χ1v) is 8.59. The highest BCUT2D eigenvalue weighted by Gasteiger charge is 2.30. The van der Waals surface area contributed by atoms with Gasteiger partial charge in [-0.25, -0.2) is 4.98 Å². The standard InChI is InChI=1S/C15H15N3O2S2/c1-9-8-21-15(16-9)22-10(2)14(20)18-7-13(19)17-11-5-3-4-6-12(11)18/h3-6,8,10H,7H2,1-2H3,(H,17,19)/t10-/m0/s1. The molecule has 2 amide bonds. The van der Waals surface area contributed by atoms with Gasteiger partial charge in [-0.1, -0.05) is 23.9 Å². The Hall–Kier alpha value is -1.86. The highest BCUT2D eigenvalue weighted by Crippen LogP contribution is 2.33. The molecule has 1 aliphatic rings. The highest BCUT2D eigenvalue weighted by atomic mass is 32.2. The minimum absolute atomic E-state index is 0.0532. The van der Waals surface area contributed by atoms with Crippen molar-refractivity contribution in [1.29, 1.82) is 0 Å². The number of aromatic nitrogens is 1. The third-order valence-electron chi connectivity index (χ3n) is 3.26. The molecule has 0 spiro atoms. The summed E-state index contributed by atoms with van der Waals surface area (Å²) in [6, 6.07) is 7.34. The fourth-order valence-electron chi connectivity index (χ4n) is 2.24. The number of rotatable bonds is 3. The Morgan fingerprint density at radius 3 is 2.95 bits per heavy atom. The van der Waals surface area contributed by atoms with Gasteiger partial charge in [0, 0.05) is 11.1 Å². The molecule has 0 bridgehead atoms. The second kappa shape index (κ2) is 6.10. The molecule has 0 aliphatic carbocycles. The van der Waals surface area contributed by atoms with Crippen molar-refractivity contribution in [3.05, 3.63) is 35.3 Å². The number of anilines is 2. The first-order valence-electron chi connectivity index (χ1n) is 6.83. The maximum absolute atomic E-state index is 12.7. The molecule has 0 saturated heterocycles. The van der Waals surface area contributed by atoms with Crippen molar-refractivity contribution in [3.8, 4) is 0 Å². The number of hydrogen-bond donors (Lipinski definition) is 1. The van der Waals surface area contributed by atoms with E-state index in [1.807, 2.05) is 37.4 Å². The van der Waals surface area contributed by atoms with Gasteiger partial charge in [0.1, 0.15) is 6.54 Å². The van der Waals surface area contributed by atoms with Crippen LogP contribution in [0.3, 0.4) is 0 Å². The van der Waals surface area contributed by atoms with Gasteiger partial charge in [0.25, 0.3) is 0 Å². The first kappa shape index (κ1) is 15.1. The molecule has 0 saturated carbocycles. The van der Waals surface area contributed by atoms with Gasteiger partial charge >= 0.3 is 0 Å². The third-order valence-corrected chi connectivity index (χ3v) is 5.44. The van der Waals surface area contributed by atoms with Gasteiger partial charge in [-0.2, -0.15) is 0 Å². The lowest BCUT2D eigenvalue weighted by molar-refractivity contribution is -0.121. The maximum atomic E-state index is 12.7. The predicted molar refractivity (Wildman–Crippen MR) is 89.6 cm³/mol. The van der Waals surface area contributed by atoms with Crippen molar-refractivity contribution >= 4 is 46.3 Å². The largest absolute Gasteiger partial charge is 0.323 e. The number of aryl methyl sites for hydroxylation is 1. The molecule has 0 fully saturated rings. The Morgan fingerprint density at radius 2 is 2.23 bits per heavy atom. The summed E-state index contributed by atoms with van der Waals surface area (Å²) >= 11 is 2.96. The minimum Gasteiger partial charge on any atom is -0.323 e. The van der Waals surface area contributed by atoms with Crippen LogP contribution in [0.1, 0.15) is 12.6 Å². The summed E-state index contributed by atoms with van der Waals surface area (Å²) in [7, 11) is 0. The fourth-order valence-corrected chi connectivity index (χ4v) is 4.29. The van der Waals surface area contributed by atoms with Crippen LogP contribution < -0.4 is 10.2 Å². The Kier molecular flexibility index (Phi) is 4.17. The zero-order valence-electron chi connectivity index (χ0n) is 12.2. The van der Waals surface area contributed by atoms with E-state index < -0.39 is 0 Å². The topological polar surface area (TPSA) is 62.3 Å². The number of carbonyl (C=O) groups is 2. The minimum atomic E-state index is -0.301. The normalized spacial score (nSPS) is 15.2. The van der Waals surface area contributed by atoms with Crippen molar-refractivity contribution in [2.45, 2.75) is 23.4 Å². The quantitative estimate of drug-likeness (QED) is 0.877. The molecule has 1 N–H and O–H groups in total. The molecule has 0 unspecified atom stereocenters. The summed E-state index contributed by atoms with van der Waals surface area (Å²) in [4.78, 5) is 30.4. The molecule has 1 aromatic heterocycles. The average molecular weight is 333 g/mol. The zero-order chi connectivity index (χ0) is 15.7. The smallest absolute Gasteiger partial charge is 0.244 e. The van der Waals surface area contributed by atoms with Gasteiger partial charge in [0.15, 0.2) is 4.34 Å². The number of fused-ring (bicyclic) bond motifs is 1. The lowest BCUT2D eigenvalue weighted by atomic mass is 10.2. The van der Waals surface area contributed by atoms with Gasteiger partial charge in [-0.3, -0.25) is 14.5 Å². The third kappa shape index (κ3) is 3.00. The molecule has 1 aliphatic heterocycles. The van der Waals surface area contributed by atoms with Gasteiger partial charge < -0.3 is 5.32 Å². The highest BCUT2D eigenvalue weighted by molar-refractivity contribution is 8.02. The molecule has 5 nitrogen and oxygen atoms in total. The molecule has 22 heavy (non-hydrogen) atoms. The molecule has 2 heterocycles. The number of thiazole rings is 1. The number of nitrogens with zero attached hydrogens (tertiary/aromatic N) is 2. The molecule has 3 rings (SSSR count). The fraction of sp³-hybridized carbons (Fsp3) is 0.267. The molecule has 7 heteroatoms. The lowest BCUT2D eigenvalue weighted by Gasteiger charge is -2.30. The molecular weight excluding hydrogens is 318 g/mol. The predicted octanol–water partition coefficient (Wildman–Crippen LogP) is 2.92. The van der Waals surface area contributed by atoms with E-state index in [0.717, 1.165) is 15.7 Å². The summed E-state index contributed by atoms with van der Waals surface area (Å²) in [5, 5.41) is 4.45. The number of amides is 2. The van der Waals surface area contributed by atoms with E-state index in [2.05, 4.69) is 10.3 Å². The Balaban J connectivity index is 1.81. The van der Waals surface area contributed by atoms with Crippen LogP contribution in [-0.2, 0) is 9.59 Å². The van der Waals surface area contributed by atoms with Crippen LogP contribution in [0, 0.1) is 6.92 Å². The Bertz CT molecular complexity index is 729. The van der Waals surface area contributed by atoms with Crippen LogP contribution in [0.15, 0.2) is 34.0 Å². The second-order valence-electron chi connectivity index (χ2n) is 5.00. The molecule has 114 valence electrons. The number of thioether (sulfide) groups is 1. The van der Waals surface area contributed by atoms with Crippen LogP contribution in [0.2, 0.25) is 0 Å². The Morgan fingerprint density at radius 1 is 1.45 bits per heavy atom. The number of para-hydroxylation sites is 2. The summed E-state index contributed by atoms with van der Waals surface area (Å²) in [6.45, 7) is 3.83.